The third-order valence-electron chi connectivity index (χ3n) is 4.71. The van der Waals surface area contributed by atoms with E-state index in [1.54, 1.807) is 20.3 Å². The molecule has 2 atom stereocenters. The quantitative estimate of drug-likeness (QED) is 0.829. The zero-order chi connectivity index (χ0) is 18.8. The van der Waals surface area contributed by atoms with Crippen molar-refractivity contribution in [3.8, 4) is 11.5 Å². The number of aromatic carboxylic acids is 1. The maximum absolute atomic E-state index is 12.6. The summed E-state index contributed by atoms with van der Waals surface area (Å²) in [6.07, 6.45) is 0.715. The number of carboxylic acid groups (broad SMARTS) is 1. The highest BCUT2D eigenvalue weighted by atomic mass is 16.5. The van der Waals surface area contributed by atoms with Crippen LogP contribution in [0.25, 0.3) is 0 Å². The number of hydrogen-bond acceptors (Lipinski definition) is 4. The summed E-state index contributed by atoms with van der Waals surface area (Å²) in [6.45, 7) is 1.83. The van der Waals surface area contributed by atoms with E-state index in [9.17, 15) is 9.59 Å². The predicted octanol–water partition coefficient (Wildman–Crippen LogP) is 3.45. The molecule has 2 N–H and O–H groups in total. The summed E-state index contributed by atoms with van der Waals surface area (Å²) in [5, 5.41) is 12.0. The number of hydrogen-bond donors (Lipinski definition) is 2. The maximum Gasteiger partial charge on any atom is 0.335 e. The third kappa shape index (κ3) is 3.49. The van der Waals surface area contributed by atoms with Gasteiger partial charge in [0.25, 0.3) is 0 Å². The fourth-order valence-electron chi connectivity index (χ4n) is 3.07. The SMILES string of the molecule is COc1ccc(OC)c(C2CC2C(=O)Nc2cc(C(=O)O)ccc2C)c1. The number of amides is 1. The Kier molecular flexibility index (Phi) is 4.84. The highest BCUT2D eigenvalue weighted by molar-refractivity contribution is 5.97. The number of carbonyl (C=O) groups excluding carboxylic acids is 1. The van der Waals surface area contributed by atoms with E-state index in [2.05, 4.69) is 5.32 Å². The molecule has 136 valence electrons. The minimum Gasteiger partial charge on any atom is -0.497 e. The van der Waals surface area contributed by atoms with Gasteiger partial charge in [-0.2, -0.15) is 0 Å². The summed E-state index contributed by atoms with van der Waals surface area (Å²) in [7, 11) is 3.20. The summed E-state index contributed by atoms with van der Waals surface area (Å²) in [5.41, 5.74) is 2.44. The van der Waals surface area contributed by atoms with Crippen LogP contribution in [0.4, 0.5) is 5.69 Å². The van der Waals surface area contributed by atoms with Crippen LogP contribution < -0.4 is 14.8 Å². The van der Waals surface area contributed by atoms with E-state index in [-0.39, 0.29) is 23.3 Å². The lowest BCUT2D eigenvalue weighted by Crippen LogP contribution is -2.16. The molecule has 1 aliphatic rings. The van der Waals surface area contributed by atoms with E-state index in [0.29, 0.717) is 12.1 Å². The van der Waals surface area contributed by atoms with E-state index >= 15 is 0 Å². The first-order valence-corrected chi connectivity index (χ1v) is 8.31. The van der Waals surface area contributed by atoms with E-state index in [0.717, 1.165) is 22.6 Å². The van der Waals surface area contributed by atoms with Crippen LogP contribution in [-0.4, -0.2) is 31.2 Å². The molecule has 2 aromatic carbocycles. The molecular formula is C20H21NO5. The Hall–Kier alpha value is -3.02. The van der Waals surface area contributed by atoms with Gasteiger partial charge in [0.2, 0.25) is 5.91 Å². The highest BCUT2D eigenvalue weighted by Gasteiger charge is 2.45. The fraction of sp³-hybridized carbons (Fsp3) is 0.300. The number of aryl methyl sites for hydroxylation is 1. The molecule has 3 rings (SSSR count). The van der Waals surface area contributed by atoms with Crippen LogP contribution in [0.5, 0.6) is 11.5 Å². The number of carboxylic acids is 1. The molecular weight excluding hydrogens is 334 g/mol. The van der Waals surface area contributed by atoms with Crippen molar-refractivity contribution in [1.82, 2.24) is 0 Å². The average Bonchev–Trinajstić information content (AvgIpc) is 3.43. The third-order valence-corrected chi connectivity index (χ3v) is 4.71. The Morgan fingerprint density at radius 3 is 2.54 bits per heavy atom. The highest BCUT2D eigenvalue weighted by Crippen LogP contribution is 2.51. The second kappa shape index (κ2) is 7.07. The number of ether oxygens (including phenoxy) is 2. The zero-order valence-corrected chi connectivity index (χ0v) is 14.9. The molecule has 26 heavy (non-hydrogen) atoms. The van der Waals surface area contributed by atoms with Gasteiger partial charge < -0.3 is 19.9 Å². The number of benzene rings is 2. The molecule has 6 nitrogen and oxygen atoms in total. The van der Waals surface area contributed by atoms with Crippen molar-refractivity contribution in [2.75, 3.05) is 19.5 Å². The Bertz CT molecular complexity index is 861. The molecule has 0 aromatic heterocycles. The second-order valence-electron chi connectivity index (χ2n) is 6.38. The lowest BCUT2D eigenvalue weighted by atomic mass is 10.1. The lowest BCUT2D eigenvalue weighted by Gasteiger charge is -2.11. The number of methoxy groups -OCH3 is 2. The van der Waals surface area contributed by atoms with Gasteiger partial charge in [-0.1, -0.05) is 6.07 Å². The molecule has 1 saturated carbocycles. The Morgan fingerprint density at radius 2 is 1.88 bits per heavy atom. The molecule has 0 spiro atoms. The first kappa shape index (κ1) is 17.8. The number of carbonyl (C=O) groups is 2. The monoisotopic (exact) mass is 355 g/mol. The van der Waals surface area contributed by atoms with Gasteiger partial charge in [-0.25, -0.2) is 4.79 Å². The van der Waals surface area contributed by atoms with Crippen molar-refractivity contribution in [2.24, 2.45) is 5.92 Å². The van der Waals surface area contributed by atoms with E-state index in [1.165, 1.54) is 12.1 Å². The van der Waals surface area contributed by atoms with Crippen molar-refractivity contribution in [3.05, 3.63) is 53.1 Å². The van der Waals surface area contributed by atoms with Crippen molar-refractivity contribution >= 4 is 17.6 Å². The normalized spacial score (nSPS) is 18.1. The number of anilines is 1. The van der Waals surface area contributed by atoms with E-state index < -0.39 is 5.97 Å². The van der Waals surface area contributed by atoms with Crippen LogP contribution in [0.2, 0.25) is 0 Å². The Balaban J connectivity index is 1.76. The van der Waals surface area contributed by atoms with E-state index in [1.807, 2.05) is 25.1 Å². The van der Waals surface area contributed by atoms with Gasteiger partial charge in [0.1, 0.15) is 11.5 Å². The topological polar surface area (TPSA) is 84.9 Å². The van der Waals surface area contributed by atoms with Crippen molar-refractivity contribution in [1.29, 1.82) is 0 Å². The van der Waals surface area contributed by atoms with Crippen LogP contribution in [0.3, 0.4) is 0 Å². The van der Waals surface area contributed by atoms with Crippen LogP contribution in [-0.2, 0) is 4.79 Å². The minimum atomic E-state index is -1.02. The fourth-order valence-corrected chi connectivity index (χ4v) is 3.07. The van der Waals surface area contributed by atoms with Crippen molar-refractivity contribution in [2.45, 2.75) is 19.3 Å². The van der Waals surface area contributed by atoms with Gasteiger partial charge in [0.15, 0.2) is 0 Å². The van der Waals surface area contributed by atoms with Crippen molar-refractivity contribution in [3.63, 3.8) is 0 Å². The van der Waals surface area contributed by atoms with Gasteiger partial charge in [-0.3, -0.25) is 4.79 Å². The molecule has 1 fully saturated rings. The summed E-state index contributed by atoms with van der Waals surface area (Å²) < 4.78 is 10.7. The van der Waals surface area contributed by atoms with Crippen LogP contribution >= 0.6 is 0 Å². The molecule has 0 radical (unpaired) electrons. The van der Waals surface area contributed by atoms with Crippen LogP contribution in [0.15, 0.2) is 36.4 Å². The Labute approximate surface area is 151 Å². The Morgan fingerprint density at radius 1 is 1.12 bits per heavy atom. The van der Waals surface area contributed by atoms with Gasteiger partial charge in [-0.15, -0.1) is 0 Å². The molecule has 1 amide bonds. The molecule has 1 aliphatic carbocycles. The predicted molar refractivity (Wildman–Crippen MR) is 97.2 cm³/mol. The number of rotatable bonds is 6. The summed E-state index contributed by atoms with van der Waals surface area (Å²) >= 11 is 0. The minimum absolute atomic E-state index is 0.0583. The first-order valence-electron chi connectivity index (χ1n) is 8.31. The smallest absolute Gasteiger partial charge is 0.335 e. The molecule has 2 unspecified atom stereocenters. The van der Waals surface area contributed by atoms with Crippen LogP contribution in [0.1, 0.15) is 33.8 Å². The summed E-state index contributed by atoms with van der Waals surface area (Å²) in [6, 6.07) is 10.2. The molecule has 0 saturated heterocycles. The first-order chi connectivity index (χ1) is 12.4. The zero-order valence-electron chi connectivity index (χ0n) is 14.9. The van der Waals surface area contributed by atoms with Gasteiger partial charge in [0.05, 0.1) is 19.8 Å². The standard InChI is InChI=1S/C20H21NO5/c1-11-4-5-12(20(23)24)8-17(11)21-19(22)16-10-14(16)15-9-13(25-2)6-7-18(15)26-3/h4-9,14,16H,10H2,1-3H3,(H,21,22)(H,23,24). The van der Waals surface area contributed by atoms with Crippen molar-refractivity contribution < 1.29 is 24.2 Å². The molecule has 6 heteroatoms. The number of nitrogens with one attached hydrogen (secondary N) is 1. The molecule has 0 bridgehead atoms. The van der Waals surface area contributed by atoms with Crippen LogP contribution in [0, 0.1) is 12.8 Å². The summed E-state index contributed by atoms with van der Waals surface area (Å²) in [4.78, 5) is 23.7. The molecule has 0 heterocycles. The summed E-state index contributed by atoms with van der Waals surface area (Å²) in [5.74, 6) is 0.190. The average molecular weight is 355 g/mol. The van der Waals surface area contributed by atoms with E-state index in [4.69, 9.17) is 14.6 Å². The second-order valence-corrected chi connectivity index (χ2v) is 6.38. The van der Waals surface area contributed by atoms with Gasteiger partial charge in [-0.05, 0) is 49.2 Å². The van der Waals surface area contributed by atoms with Gasteiger partial charge >= 0.3 is 5.97 Å². The van der Waals surface area contributed by atoms with Gasteiger partial charge in [0, 0.05) is 23.1 Å². The lowest BCUT2D eigenvalue weighted by molar-refractivity contribution is -0.117. The molecule has 2 aromatic rings. The maximum atomic E-state index is 12.6. The largest absolute Gasteiger partial charge is 0.497 e. The molecule has 0 aliphatic heterocycles.